The number of nitrogens with zero attached hydrogens (tertiary/aromatic N) is 2. The summed E-state index contributed by atoms with van der Waals surface area (Å²) >= 11 is 0. The first kappa shape index (κ1) is 20.6. The Morgan fingerprint density at radius 3 is 2.31 bits per heavy atom. The number of carbonyl (C=O) groups is 2. The summed E-state index contributed by atoms with van der Waals surface area (Å²) in [7, 11) is 0. The van der Waals surface area contributed by atoms with Gasteiger partial charge < -0.3 is 10.2 Å². The van der Waals surface area contributed by atoms with Crippen molar-refractivity contribution in [1.29, 1.82) is 0 Å². The van der Waals surface area contributed by atoms with E-state index in [1.54, 1.807) is 0 Å². The molecule has 0 aromatic heterocycles. The first-order valence-electron chi connectivity index (χ1n) is 9.74. The molecule has 5 heteroatoms. The molecule has 1 fully saturated rings. The first-order valence-corrected chi connectivity index (χ1v) is 9.74. The highest BCUT2D eigenvalue weighted by Gasteiger charge is 2.29. The summed E-state index contributed by atoms with van der Waals surface area (Å²) in [5.74, 6) is 0.138. The van der Waals surface area contributed by atoms with Crippen LogP contribution in [0, 0.1) is 0 Å². The maximum Gasteiger partial charge on any atom is 0.220 e. The second kappa shape index (κ2) is 9.83. The van der Waals surface area contributed by atoms with Crippen LogP contribution >= 0.6 is 0 Å². The number of likely N-dealkylation sites (N-methyl/N-ethyl adjacent to an activating group) is 1. The fourth-order valence-corrected chi connectivity index (χ4v) is 3.36. The van der Waals surface area contributed by atoms with Crippen molar-refractivity contribution in [2.75, 3.05) is 39.3 Å². The minimum Gasteiger partial charge on any atom is -0.354 e. The van der Waals surface area contributed by atoms with E-state index in [9.17, 15) is 9.59 Å². The van der Waals surface area contributed by atoms with Crippen LogP contribution in [0.15, 0.2) is 30.3 Å². The lowest BCUT2D eigenvalue weighted by molar-refractivity contribution is -0.121. The van der Waals surface area contributed by atoms with Crippen molar-refractivity contribution in [3.8, 4) is 0 Å². The molecule has 1 amide bonds. The highest BCUT2D eigenvalue weighted by atomic mass is 16.1. The molecule has 144 valence electrons. The topological polar surface area (TPSA) is 52.6 Å². The molecular formula is C21H33N3O2. The van der Waals surface area contributed by atoms with E-state index in [2.05, 4.69) is 35.9 Å². The third-order valence-electron chi connectivity index (χ3n) is 5.30. The largest absolute Gasteiger partial charge is 0.354 e. The number of piperazine rings is 1. The number of hydrogen-bond acceptors (Lipinski definition) is 4. The third-order valence-corrected chi connectivity index (χ3v) is 5.30. The fraction of sp³-hybridized carbons (Fsp3) is 0.619. The van der Waals surface area contributed by atoms with E-state index >= 15 is 0 Å². The summed E-state index contributed by atoms with van der Waals surface area (Å²) in [6.45, 7) is 12.6. The zero-order chi connectivity index (χ0) is 19.0. The van der Waals surface area contributed by atoms with Gasteiger partial charge in [-0.05, 0) is 26.8 Å². The Kier molecular flexibility index (Phi) is 7.79. The van der Waals surface area contributed by atoms with Crippen molar-refractivity contribution in [2.24, 2.45) is 0 Å². The summed E-state index contributed by atoms with van der Waals surface area (Å²) in [6, 6.07) is 9.27. The number of benzene rings is 1. The molecule has 0 unspecified atom stereocenters. The summed E-state index contributed by atoms with van der Waals surface area (Å²) in [5, 5.41) is 3.05. The van der Waals surface area contributed by atoms with Crippen LogP contribution in [-0.2, 0) is 4.79 Å². The molecule has 0 spiro atoms. The first-order chi connectivity index (χ1) is 12.4. The van der Waals surface area contributed by atoms with Crippen molar-refractivity contribution >= 4 is 11.7 Å². The average Bonchev–Trinajstić information content (AvgIpc) is 2.67. The monoisotopic (exact) mass is 359 g/mol. The molecule has 0 radical (unpaired) electrons. The molecule has 0 bridgehead atoms. The lowest BCUT2D eigenvalue weighted by atomic mass is 10.0. The number of Topliss-reactive ketones (excluding diaryl/α,β-unsaturated/α-hetero) is 1. The Hall–Kier alpha value is -1.72. The molecule has 1 N–H and O–H groups in total. The van der Waals surface area contributed by atoms with Gasteiger partial charge in [0.05, 0.1) is 0 Å². The standard InChI is InChI=1S/C21H33N3O2/c1-4-23-13-15-24(16-14-23)21(2,3)17-22-20(26)12-8-11-19(25)18-9-6-5-7-10-18/h5-7,9-10H,4,8,11-17H2,1-3H3,(H,22,26). The summed E-state index contributed by atoms with van der Waals surface area (Å²) in [4.78, 5) is 29.1. The van der Waals surface area contributed by atoms with Gasteiger partial charge in [0, 0.05) is 56.7 Å². The molecule has 1 aliphatic heterocycles. The van der Waals surface area contributed by atoms with Gasteiger partial charge in [-0.1, -0.05) is 37.3 Å². The Morgan fingerprint density at radius 2 is 1.69 bits per heavy atom. The second-order valence-electron chi connectivity index (χ2n) is 7.65. The predicted molar refractivity (Wildman–Crippen MR) is 105 cm³/mol. The second-order valence-corrected chi connectivity index (χ2v) is 7.65. The van der Waals surface area contributed by atoms with E-state index in [-0.39, 0.29) is 17.2 Å². The van der Waals surface area contributed by atoms with Crippen molar-refractivity contribution in [3.05, 3.63) is 35.9 Å². The summed E-state index contributed by atoms with van der Waals surface area (Å²) < 4.78 is 0. The van der Waals surface area contributed by atoms with Crippen LogP contribution in [0.25, 0.3) is 0 Å². The highest BCUT2D eigenvalue weighted by molar-refractivity contribution is 5.96. The van der Waals surface area contributed by atoms with Crippen LogP contribution in [0.2, 0.25) is 0 Å². The smallest absolute Gasteiger partial charge is 0.220 e. The highest BCUT2D eigenvalue weighted by Crippen LogP contribution is 2.16. The molecule has 0 aliphatic carbocycles. The molecule has 1 heterocycles. The van der Waals surface area contributed by atoms with E-state index in [0.29, 0.717) is 25.8 Å². The van der Waals surface area contributed by atoms with Gasteiger partial charge in [0.15, 0.2) is 5.78 Å². The zero-order valence-electron chi connectivity index (χ0n) is 16.5. The minimum atomic E-state index is -0.0463. The average molecular weight is 360 g/mol. The van der Waals surface area contributed by atoms with Crippen LogP contribution in [0.1, 0.15) is 50.4 Å². The van der Waals surface area contributed by atoms with Gasteiger partial charge in [0.25, 0.3) is 0 Å². The normalized spacial score (nSPS) is 16.4. The molecule has 2 rings (SSSR count). The molecule has 26 heavy (non-hydrogen) atoms. The zero-order valence-corrected chi connectivity index (χ0v) is 16.5. The van der Waals surface area contributed by atoms with Gasteiger partial charge in [-0.3, -0.25) is 14.5 Å². The van der Waals surface area contributed by atoms with Crippen molar-refractivity contribution in [2.45, 2.75) is 45.6 Å². The molecule has 1 saturated heterocycles. The van der Waals surface area contributed by atoms with Crippen LogP contribution in [0.5, 0.6) is 0 Å². The molecule has 0 atom stereocenters. The molecule has 1 aliphatic rings. The van der Waals surface area contributed by atoms with Crippen LogP contribution in [0.3, 0.4) is 0 Å². The quantitative estimate of drug-likeness (QED) is 0.689. The molecule has 1 aromatic carbocycles. The molecular weight excluding hydrogens is 326 g/mol. The van der Waals surface area contributed by atoms with Gasteiger partial charge >= 0.3 is 0 Å². The van der Waals surface area contributed by atoms with E-state index in [1.807, 2.05) is 30.3 Å². The van der Waals surface area contributed by atoms with Gasteiger partial charge in [0.2, 0.25) is 5.91 Å². The maximum atomic E-state index is 12.1. The van der Waals surface area contributed by atoms with Gasteiger partial charge in [0.1, 0.15) is 0 Å². The lowest BCUT2D eigenvalue weighted by Gasteiger charge is -2.44. The Balaban J connectivity index is 1.67. The number of amides is 1. The van der Waals surface area contributed by atoms with E-state index in [0.717, 1.165) is 38.3 Å². The summed E-state index contributed by atoms with van der Waals surface area (Å²) in [6.07, 6.45) is 1.41. The third kappa shape index (κ3) is 6.22. The maximum absolute atomic E-state index is 12.1. The minimum absolute atomic E-state index is 0.0335. The number of hydrogen-bond donors (Lipinski definition) is 1. The van der Waals surface area contributed by atoms with Crippen LogP contribution < -0.4 is 5.32 Å². The number of ketones is 1. The van der Waals surface area contributed by atoms with E-state index in [4.69, 9.17) is 0 Å². The van der Waals surface area contributed by atoms with Crippen LogP contribution in [0.4, 0.5) is 0 Å². The SMILES string of the molecule is CCN1CCN(C(C)(C)CNC(=O)CCCC(=O)c2ccccc2)CC1. The van der Waals surface area contributed by atoms with E-state index < -0.39 is 0 Å². The van der Waals surface area contributed by atoms with Crippen molar-refractivity contribution in [3.63, 3.8) is 0 Å². The Labute approximate surface area is 157 Å². The molecule has 1 aromatic rings. The van der Waals surface area contributed by atoms with E-state index in [1.165, 1.54) is 0 Å². The molecule has 0 saturated carbocycles. The van der Waals surface area contributed by atoms with Crippen molar-refractivity contribution < 1.29 is 9.59 Å². The van der Waals surface area contributed by atoms with Gasteiger partial charge in [-0.2, -0.15) is 0 Å². The van der Waals surface area contributed by atoms with Gasteiger partial charge in [-0.15, -0.1) is 0 Å². The summed E-state index contributed by atoms with van der Waals surface area (Å²) in [5.41, 5.74) is 0.676. The Bertz CT molecular complexity index is 578. The van der Waals surface area contributed by atoms with Crippen molar-refractivity contribution in [1.82, 2.24) is 15.1 Å². The Morgan fingerprint density at radius 1 is 1.04 bits per heavy atom. The predicted octanol–water partition coefficient (Wildman–Crippen LogP) is 2.57. The number of carbonyl (C=O) groups excluding carboxylic acids is 2. The van der Waals surface area contributed by atoms with Crippen LogP contribution in [-0.4, -0.2) is 66.3 Å². The number of rotatable bonds is 9. The number of nitrogens with one attached hydrogen (secondary N) is 1. The van der Waals surface area contributed by atoms with Gasteiger partial charge in [-0.25, -0.2) is 0 Å². The fourth-order valence-electron chi connectivity index (χ4n) is 3.36. The molecule has 5 nitrogen and oxygen atoms in total. The lowest BCUT2D eigenvalue weighted by Crippen LogP contribution is -2.58.